The van der Waals surface area contributed by atoms with Crippen LogP contribution in [-0.4, -0.2) is 41.5 Å². The van der Waals surface area contributed by atoms with Crippen molar-refractivity contribution in [2.45, 2.75) is 43.8 Å². The van der Waals surface area contributed by atoms with Crippen LogP contribution in [0.25, 0.3) is 0 Å². The highest BCUT2D eigenvalue weighted by atomic mass is 35.5. The van der Waals surface area contributed by atoms with Crippen LogP contribution in [-0.2, 0) is 10.0 Å². The number of halogens is 4. The maximum Gasteiger partial charge on any atom is 0.402 e. The first kappa shape index (κ1) is 18.1. The van der Waals surface area contributed by atoms with Gasteiger partial charge in [-0.25, -0.2) is 18.4 Å². The van der Waals surface area contributed by atoms with Gasteiger partial charge < -0.3 is 0 Å². The summed E-state index contributed by atoms with van der Waals surface area (Å²) in [5, 5.41) is -0.182. The molecule has 0 bridgehead atoms. The van der Waals surface area contributed by atoms with E-state index in [1.165, 1.54) is 0 Å². The summed E-state index contributed by atoms with van der Waals surface area (Å²) in [7, 11) is -4.34. The van der Waals surface area contributed by atoms with Crippen molar-refractivity contribution in [2.24, 2.45) is 0 Å². The Morgan fingerprint density at radius 3 is 2.10 bits per heavy atom. The maximum atomic E-state index is 12.7. The lowest BCUT2D eigenvalue weighted by Gasteiger charge is -2.30. The Balaban J connectivity index is 3.25. The van der Waals surface area contributed by atoms with Crippen molar-refractivity contribution in [3.8, 4) is 0 Å². The molecule has 0 aliphatic rings. The molecule has 0 saturated heterocycles. The Labute approximate surface area is 126 Å². The zero-order chi connectivity index (χ0) is 16.3. The van der Waals surface area contributed by atoms with Crippen LogP contribution in [0.1, 0.15) is 26.7 Å². The Morgan fingerprint density at radius 2 is 1.71 bits per heavy atom. The molecule has 1 heterocycles. The minimum atomic E-state index is -4.64. The van der Waals surface area contributed by atoms with Crippen molar-refractivity contribution in [1.29, 1.82) is 0 Å². The molecule has 1 aromatic heterocycles. The van der Waals surface area contributed by atoms with Crippen LogP contribution in [0.5, 0.6) is 0 Å². The molecule has 0 aliphatic carbocycles. The minimum absolute atomic E-state index is 0.182. The Hall–Kier alpha value is -0.930. The van der Waals surface area contributed by atoms with Crippen molar-refractivity contribution in [3.05, 3.63) is 17.7 Å². The van der Waals surface area contributed by atoms with Gasteiger partial charge in [0.1, 0.15) is 11.4 Å². The molecule has 10 heteroatoms. The SMILES string of the molecule is CCC(CC)N(CC(F)(F)F)S(=O)(=O)c1cnc(Cl)nc1. The third-order valence-corrected chi connectivity index (χ3v) is 4.93. The highest BCUT2D eigenvalue weighted by Gasteiger charge is 2.40. The van der Waals surface area contributed by atoms with Crippen molar-refractivity contribution < 1.29 is 21.6 Å². The van der Waals surface area contributed by atoms with E-state index < -0.39 is 33.7 Å². The van der Waals surface area contributed by atoms with Gasteiger partial charge in [-0.05, 0) is 24.4 Å². The number of hydrogen-bond donors (Lipinski definition) is 0. The molecule has 120 valence electrons. The van der Waals surface area contributed by atoms with Gasteiger partial charge in [0, 0.05) is 6.04 Å². The fourth-order valence-electron chi connectivity index (χ4n) is 1.85. The third kappa shape index (κ3) is 4.79. The first-order chi connectivity index (χ1) is 9.61. The highest BCUT2D eigenvalue weighted by Crippen LogP contribution is 2.26. The Morgan fingerprint density at radius 1 is 1.24 bits per heavy atom. The summed E-state index contributed by atoms with van der Waals surface area (Å²) in [6, 6.07) is -0.757. The first-order valence-corrected chi connectivity index (χ1v) is 7.99. The summed E-state index contributed by atoms with van der Waals surface area (Å²) < 4.78 is 63.3. The molecule has 0 amide bonds. The van der Waals surface area contributed by atoms with Gasteiger partial charge >= 0.3 is 6.18 Å². The van der Waals surface area contributed by atoms with E-state index in [1.54, 1.807) is 13.8 Å². The third-order valence-electron chi connectivity index (χ3n) is 2.89. The molecule has 0 unspecified atom stereocenters. The lowest BCUT2D eigenvalue weighted by atomic mass is 10.2. The Kier molecular flexibility index (Phi) is 5.94. The minimum Gasteiger partial charge on any atom is -0.225 e. The van der Waals surface area contributed by atoms with Crippen LogP contribution >= 0.6 is 11.6 Å². The summed E-state index contributed by atoms with van der Waals surface area (Å²) in [4.78, 5) is 6.59. The number of sulfonamides is 1. The van der Waals surface area contributed by atoms with E-state index >= 15 is 0 Å². The molecular weight excluding hydrogens is 331 g/mol. The fraction of sp³-hybridized carbons (Fsp3) is 0.636. The molecule has 0 aromatic carbocycles. The summed E-state index contributed by atoms with van der Waals surface area (Å²) in [5.41, 5.74) is 0. The van der Waals surface area contributed by atoms with E-state index in [9.17, 15) is 21.6 Å². The summed E-state index contributed by atoms with van der Waals surface area (Å²) in [6.45, 7) is 1.71. The van der Waals surface area contributed by atoms with Crippen LogP contribution in [0.15, 0.2) is 17.3 Å². The smallest absolute Gasteiger partial charge is 0.225 e. The van der Waals surface area contributed by atoms with E-state index in [1.807, 2.05) is 0 Å². The average Bonchev–Trinajstić information content (AvgIpc) is 2.38. The molecular formula is C11H15ClF3N3O2S. The van der Waals surface area contributed by atoms with Crippen LogP contribution in [0.3, 0.4) is 0 Å². The molecule has 5 nitrogen and oxygen atoms in total. The largest absolute Gasteiger partial charge is 0.402 e. The normalized spacial score (nSPS) is 13.1. The molecule has 0 spiro atoms. The van der Waals surface area contributed by atoms with Crippen molar-refractivity contribution >= 4 is 21.6 Å². The quantitative estimate of drug-likeness (QED) is 0.744. The standard InChI is InChI=1S/C11H15ClF3N3O2S/c1-3-8(4-2)18(7-11(13,14)15)21(19,20)9-5-16-10(12)17-6-9/h5-6,8H,3-4,7H2,1-2H3. The molecule has 0 N–H and O–H groups in total. The number of alkyl halides is 3. The lowest BCUT2D eigenvalue weighted by Crippen LogP contribution is -2.45. The predicted molar refractivity (Wildman–Crippen MR) is 71.4 cm³/mol. The predicted octanol–water partition coefficient (Wildman–Crippen LogP) is 2.87. The van der Waals surface area contributed by atoms with E-state index in [2.05, 4.69) is 9.97 Å². The number of nitrogens with zero attached hydrogens (tertiary/aromatic N) is 3. The molecule has 0 radical (unpaired) electrons. The van der Waals surface area contributed by atoms with Crippen LogP contribution in [0.4, 0.5) is 13.2 Å². The molecule has 0 atom stereocenters. The van der Waals surface area contributed by atoms with Gasteiger partial charge in [-0.3, -0.25) is 0 Å². The number of hydrogen-bond acceptors (Lipinski definition) is 4. The fourth-order valence-corrected chi connectivity index (χ4v) is 3.60. The zero-order valence-electron chi connectivity index (χ0n) is 11.4. The Bertz CT molecular complexity index is 559. The second-order valence-corrected chi connectivity index (χ2v) is 6.55. The van der Waals surface area contributed by atoms with Gasteiger partial charge in [0.25, 0.3) is 0 Å². The number of aromatic nitrogens is 2. The van der Waals surface area contributed by atoms with E-state index in [-0.39, 0.29) is 18.1 Å². The average molecular weight is 346 g/mol. The van der Waals surface area contributed by atoms with Crippen molar-refractivity contribution in [2.75, 3.05) is 6.54 Å². The van der Waals surface area contributed by atoms with E-state index in [0.29, 0.717) is 4.31 Å². The second-order valence-electron chi connectivity index (χ2n) is 4.32. The van der Waals surface area contributed by atoms with E-state index in [4.69, 9.17) is 11.6 Å². The molecule has 1 aromatic rings. The van der Waals surface area contributed by atoms with Crippen LogP contribution in [0, 0.1) is 0 Å². The van der Waals surface area contributed by atoms with Crippen molar-refractivity contribution in [3.63, 3.8) is 0 Å². The summed E-state index contributed by atoms with van der Waals surface area (Å²) in [6.07, 6.45) is -2.31. The van der Waals surface area contributed by atoms with Gasteiger partial charge in [-0.15, -0.1) is 0 Å². The topological polar surface area (TPSA) is 63.2 Å². The maximum absolute atomic E-state index is 12.7. The monoisotopic (exact) mass is 345 g/mol. The zero-order valence-corrected chi connectivity index (χ0v) is 13.0. The van der Waals surface area contributed by atoms with Gasteiger partial charge in [-0.1, -0.05) is 13.8 Å². The second kappa shape index (κ2) is 6.89. The van der Waals surface area contributed by atoms with Gasteiger partial charge in [0.2, 0.25) is 15.3 Å². The number of rotatable bonds is 6. The van der Waals surface area contributed by atoms with E-state index in [0.717, 1.165) is 12.4 Å². The molecule has 0 aliphatic heterocycles. The molecule has 21 heavy (non-hydrogen) atoms. The van der Waals surface area contributed by atoms with Gasteiger partial charge in [0.05, 0.1) is 12.4 Å². The highest BCUT2D eigenvalue weighted by molar-refractivity contribution is 7.89. The van der Waals surface area contributed by atoms with Crippen LogP contribution < -0.4 is 0 Å². The van der Waals surface area contributed by atoms with Gasteiger partial charge in [0.15, 0.2) is 0 Å². The summed E-state index contributed by atoms with van der Waals surface area (Å²) in [5.74, 6) is 0. The summed E-state index contributed by atoms with van der Waals surface area (Å²) >= 11 is 5.45. The molecule has 0 fully saturated rings. The van der Waals surface area contributed by atoms with Crippen molar-refractivity contribution in [1.82, 2.24) is 14.3 Å². The molecule has 1 rings (SSSR count). The van der Waals surface area contributed by atoms with Gasteiger partial charge in [-0.2, -0.15) is 17.5 Å². The molecule has 0 saturated carbocycles. The first-order valence-electron chi connectivity index (χ1n) is 6.18. The van der Waals surface area contributed by atoms with Crippen LogP contribution in [0.2, 0.25) is 5.28 Å². The lowest BCUT2D eigenvalue weighted by molar-refractivity contribution is -0.139.